The lowest BCUT2D eigenvalue weighted by molar-refractivity contribution is -0.119. The lowest BCUT2D eigenvalue weighted by Crippen LogP contribution is -2.43. The van der Waals surface area contributed by atoms with Crippen molar-refractivity contribution in [3.8, 4) is 5.75 Å². The number of ether oxygens (including phenoxy) is 5. The maximum atomic E-state index is 13.4. The van der Waals surface area contributed by atoms with Crippen LogP contribution in [0.4, 0.5) is 0 Å². The van der Waals surface area contributed by atoms with E-state index in [1.54, 1.807) is 109 Å². The number of benzene rings is 4. The van der Waals surface area contributed by atoms with Gasteiger partial charge < -0.3 is 23.7 Å². The molecule has 1 fully saturated rings. The van der Waals surface area contributed by atoms with E-state index in [0.717, 1.165) is 4.47 Å². The van der Waals surface area contributed by atoms with E-state index in [4.69, 9.17) is 23.7 Å². The van der Waals surface area contributed by atoms with Crippen LogP contribution >= 0.6 is 15.9 Å². The van der Waals surface area contributed by atoms with Crippen LogP contribution in [0.2, 0.25) is 0 Å². The van der Waals surface area contributed by atoms with Crippen LogP contribution in [0.25, 0.3) is 10.9 Å². The van der Waals surface area contributed by atoms with Crippen LogP contribution < -0.4 is 4.74 Å². The van der Waals surface area contributed by atoms with Crippen LogP contribution in [-0.4, -0.2) is 59.6 Å². The van der Waals surface area contributed by atoms with Gasteiger partial charge in [-0.05, 0) is 54.6 Å². The largest absolute Gasteiger partial charge is 0.459 e. The summed E-state index contributed by atoms with van der Waals surface area (Å²) in [6, 6.07) is 30.3. The Bertz CT molecular complexity index is 1910. The second-order valence-corrected chi connectivity index (χ2v) is 11.6. The Morgan fingerprint density at radius 3 is 1.81 bits per heavy atom. The Morgan fingerprint density at radius 1 is 0.723 bits per heavy atom. The fourth-order valence-electron chi connectivity index (χ4n) is 5.19. The van der Waals surface area contributed by atoms with Crippen molar-refractivity contribution < 1.29 is 42.9 Å². The van der Waals surface area contributed by atoms with Gasteiger partial charge in [0.25, 0.3) is 0 Å². The van der Waals surface area contributed by atoms with Crippen molar-refractivity contribution in [3.05, 3.63) is 137 Å². The van der Waals surface area contributed by atoms with Crippen molar-refractivity contribution in [2.45, 2.75) is 31.5 Å². The molecule has 1 saturated heterocycles. The quantitative estimate of drug-likeness (QED) is 0.126. The van der Waals surface area contributed by atoms with Crippen LogP contribution in [0.3, 0.4) is 0 Å². The van der Waals surface area contributed by atoms with Crippen LogP contribution in [-0.2, 0) is 18.9 Å². The van der Waals surface area contributed by atoms with Gasteiger partial charge >= 0.3 is 17.9 Å². The first-order valence-corrected chi connectivity index (χ1v) is 15.5. The number of esters is 3. The lowest BCUT2D eigenvalue weighted by Gasteiger charge is -2.24. The number of carbonyl (C=O) groups excluding carboxylic acids is 4. The first-order valence-electron chi connectivity index (χ1n) is 14.7. The maximum absolute atomic E-state index is 13.4. The highest BCUT2D eigenvalue weighted by Gasteiger charge is 2.52. The van der Waals surface area contributed by atoms with Crippen LogP contribution in [0.5, 0.6) is 5.75 Å². The molecule has 4 atom stereocenters. The number of nitrogens with zero attached hydrogens (tertiary/aromatic N) is 1. The number of halogens is 1. The van der Waals surface area contributed by atoms with Gasteiger partial charge in [-0.1, -0.05) is 70.5 Å². The third-order valence-electron chi connectivity index (χ3n) is 7.47. The highest BCUT2D eigenvalue weighted by molar-refractivity contribution is 9.10. The Kier molecular flexibility index (Phi) is 9.46. The molecule has 1 aliphatic heterocycles. The summed E-state index contributed by atoms with van der Waals surface area (Å²) in [6.07, 6.45) is -3.54. The summed E-state index contributed by atoms with van der Waals surface area (Å²) in [6.45, 7) is 1.05. The minimum Gasteiger partial charge on any atom is -0.459 e. The molecule has 4 aromatic carbocycles. The van der Waals surface area contributed by atoms with Gasteiger partial charge in [0.1, 0.15) is 18.5 Å². The molecule has 0 N–H and O–H groups in total. The van der Waals surface area contributed by atoms with E-state index >= 15 is 0 Å². The predicted molar refractivity (Wildman–Crippen MR) is 173 cm³/mol. The lowest BCUT2D eigenvalue weighted by atomic mass is 10.1. The molecule has 0 radical (unpaired) electrons. The Balaban J connectivity index is 1.36. The van der Waals surface area contributed by atoms with Crippen LogP contribution in [0.15, 0.2) is 120 Å². The fraction of sp³-hybridized carbons (Fsp3) is 0.167. The Hall–Kier alpha value is -5.26. The van der Waals surface area contributed by atoms with E-state index in [1.807, 2.05) is 0 Å². The maximum Gasteiger partial charge on any atom is 0.338 e. The molecule has 47 heavy (non-hydrogen) atoms. The number of carbonyl (C=O) groups is 4. The zero-order valence-corrected chi connectivity index (χ0v) is 26.6. The number of fused-ring (bicyclic) bond motifs is 1. The zero-order valence-electron chi connectivity index (χ0n) is 25.0. The summed E-state index contributed by atoms with van der Waals surface area (Å²) in [5, 5.41) is 0.572. The third-order valence-corrected chi connectivity index (χ3v) is 7.97. The Morgan fingerprint density at radius 2 is 1.26 bits per heavy atom. The summed E-state index contributed by atoms with van der Waals surface area (Å²) < 4.78 is 32.2. The predicted octanol–water partition coefficient (Wildman–Crippen LogP) is 6.48. The zero-order chi connectivity index (χ0) is 32.9. The monoisotopic (exact) mass is 697 g/mol. The normalized spacial score (nSPS) is 18.8. The average Bonchev–Trinajstić information content (AvgIpc) is 3.61. The fourth-order valence-corrected chi connectivity index (χ4v) is 5.55. The van der Waals surface area contributed by atoms with Crippen molar-refractivity contribution in [1.82, 2.24) is 4.57 Å². The second kappa shape index (κ2) is 14.0. The van der Waals surface area contributed by atoms with Crippen molar-refractivity contribution in [3.63, 3.8) is 0 Å². The third kappa shape index (κ3) is 7.11. The van der Waals surface area contributed by atoms with E-state index in [0.29, 0.717) is 16.5 Å². The molecule has 0 amide bonds. The number of hydrogen-bond donors (Lipinski definition) is 0. The molecule has 1 unspecified atom stereocenters. The molecule has 1 aliphatic rings. The molecule has 11 heteroatoms. The molecule has 238 valence electrons. The van der Waals surface area contributed by atoms with Crippen molar-refractivity contribution in [2.75, 3.05) is 6.61 Å². The van der Waals surface area contributed by atoms with Crippen LogP contribution in [0, 0.1) is 0 Å². The van der Waals surface area contributed by atoms with Gasteiger partial charge in [-0.25, -0.2) is 14.4 Å². The molecule has 0 bridgehead atoms. The summed E-state index contributed by atoms with van der Waals surface area (Å²) in [7, 11) is 0. The van der Waals surface area contributed by atoms with Gasteiger partial charge in [-0.2, -0.15) is 0 Å². The summed E-state index contributed by atoms with van der Waals surface area (Å²) in [4.78, 5) is 52.1. The first-order chi connectivity index (χ1) is 22.8. The number of rotatable bonds is 9. The minimum atomic E-state index is -1.35. The molecule has 0 aliphatic carbocycles. The average molecular weight is 699 g/mol. The first kappa shape index (κ1) is 31.7. The second-order valence-electron chi connectivity index (χ2n) is 10.6. The highest BCUT2D eigenvalue weighted by atomic mass is 79.9. The highest BCUT2D eigenvalue weighted by Crippen LogP contribution is 2.36. The van der Waals surface area contributed by atoms with E-state index < -0.39 is 42.5 Å². The number of hydrogen-bond acceptors (Lipinski definition) is 9. The van der Waals surface area contributed by atoms with Crippen molar-refractivity contribution >= 4 is 50.6 Å². The molecule has 0 spiro atoms. The van der Waals surface area contributed by atoms with Crippen LogP contribution in [0.1, 0.15) is 42.8 Å². The topological polar surface area (TPSA) is 119 Å². The smallest absolute Gasteiger partial charge is 0.338 e. The van der Waals surface area contributed by atoms with E-state index in [-0.39, 0.29) is 29.4 Å². The van der Waals surface area contributed by atoms with Crippen molar-refractivity contribution in [2.24, 2.45) is 0 Å². The van der Waals surface area contributed by atoms with Gasteiger partial charge in [0.05, 0.1) is 28.4 Å². The molecule has 2 heterocycles. The summed E-state index contributed by atoms with van der Waals surface area (Å²) >= 11 is 3.46. The Labute approximate surface area is 277 Å². The van der Waals surface area contributed by atoms with E-state index in [1.165, 1.54) is 17.7 Å². The standard InChI is InChI=1S/C36H28BrNO9/c1-22(39)38-20-29(27-19-26(37)17-18-28(27)38)44-36-32(47-35(42)25-15-9-4-10-16-25)31(46-34(41)24-13-7-3-8-14-24)30(45-36)21-43-33(40)23-11-5-2-6-12-23/h2-20,30-32,36H,21H2,1H3/t30-,31+,32?,36-/m1/s1. The van der Waals surface area contributed by atoms with Gasteiger partial charge in [-0.3, -0.25) is 9.36 Å². The molecule has 10 nitrogen and oxygen atoms in total. The molecule has 0 saturated carbocycles. The summed E-state index contributed by atoms with van der Waals surface area (Å²) in [5.74, 6) is -2.07. The van der Waals surface area contributed by atoms with Gasteiger partial charge in [0, 0.05) is 16.8 Å². The van der Waals surface area contributed by atoms with Gasteiger partial charge in [0.2, 0.25) is 18.3 Å². The SMILES string of the molecule is CC(=O)n1cc(O[C@@H]2O[C@H](COC(=O)c3ccccc3)[C@H](OC(=O)c3ccccc3)C2OC(=O)c2ccccc2)c2cc(Br)ccc21. The number of aromatic nitrogens is 1. The van der Waals surface area contributed by atoms with E-state index in [2.05, 4.69) is 15.9 Å². The molecule has 1 aromatic heterocycles. The molecule has 6 rings (SSSR count). The molecular formula is C36H28BrNO9. The van der Waals surface area contributed by atoms with Gasteiger partial charge in [-0.15, -0.1) is 0 Å². The summed E-state index contributed by atoms with van der Waals surface area (Å²) in [5.41, 5.74) is 1.38. The van der Waals surface area contributed by atoms with E-state index in [9.17, 15) is 19.2 Å². The van der Waals surface area contributed by atoms with Crippen molar-refractivity contribution in [1.29, 1.82) is 0 Å². The minimum absolute atomic E-state index is 0.246. The molecular weight excluding hydrogens is 670 g/mol. The molecule has 5 aromatic rings. The van der Waals surface area contributed by atoms with Gasteiger partial charge in [0.15, 0.2) is 6.10 Å².